The number of amides is 2. The number of phenolic OH excluding ortho intramolecular Hbond substituents is 1. The third-order valence-corrected chi connectivity index (χ3v) is 3.21. The van der Waals surface area contributed by atoms with Gasteiger partial charge in [-0.25, -0.2) is 4.79 Å². The largest absolute Gasteiger partial charge is 0.508 e. The molecule has 0 aliphatic carbocycles. The Balaban J connectivity index is 2.09. The lowest BCUT2D eigenvalue weighted by Gasteiger charge is -2.10. The van der Waals surface area contributed by atoms with Gasteiger partial charge in [0.2, 0.25) is 0 Å². The van der Waals surface area contributed by atoms with Crippen molar-refractivity contribution in [2.24, 2.45) is 0 Å². The number of urea groups is 1. The zero-order chi connectivity index (χ0) is 14.7. The van der Waals surface area contributed by atoms with Crippen LogP contribution in [0.5, 0.6) is 5.75 Å². The van der Waals surface area contributed by atoms with Gasteiger partial charge < -0.3 is 15.7 Å². The Bertz CT molecular complexity index is 660. The van der Waals surface area contributed by atoms with Crippen molar-refractivity contribution in [1.82, 2.24) is 0 Å². The second-order valence-corrected chi connectivity index (χ2v) is 5.05. The van der Waals surface area contributed by atoms with Gasteiger partial charge in [0, 0.05) is 16.8 Å². The third kappa shape index (κ3) is 3.56. The standard InChI is InChI=1S/C14H12Cl2N2O2/c1-8-2-4-10(7-13(8)19)17-14(20)18-12-6-9(15)3-5-11(12)16/h2-7,19H,1H3,(H2,17,18,20). The molecule has 2 aromatic rings. The number of nitrogens with one attached hydrogen (secondary N) is 2. The summed E-state index contributed by atoms with van der Waals surface area (Å²) in [4.78, 5) is 11.8. The molecule has 0 heterocycles. The van der Waals surface area contributed by atoms with Crippen LogP contribution in [0.3, 0.4) is 0 Å². The lowest BCUT2D eigenvalue weighted by atomic mass is 10.2. The molecule has 104 valence electrons. The van der Waals surface area contributed by atoms with Crippen LogP contribution < -0.4 is 10.6 Å². The Kier molecular flexibility index (Phi) is 4.37. The molecule has 0 unspecified atom stereocenters. The quantitative estimate of drug-likeness (QED) is 0.756. The number of hydrogen-bond donors (Lipinski definition) is 3. The second-order valence-electron chi connectivity index (χ2n) is 4.20. The van der Waals surface area contributed by atoms with E-state index < -0.39 is 6.03 Å². The number of rotatable bonds is 2. The van der Waals surface area contributed by atoms with Gasteiger partial charge in [-0.1, -0.05) is 29.3 Å². The topological polar surface area (TPSA) is 61.4 Å². The van der Waals surface area contributed by atoms with Crippen molar-refractivity contribution in [3.8, 4) is 5.75 Å². The maximum absolute atomic E-state index is 11.8. The third-order valence-electron chi connectivity index (χ3n) is 2.64. The van der Waals surface area contributed by atoms with E-state index in [0.29, 0.717) is 21.4 Å². The van der Waals surface area contributed by atoms with E-state index in [0.717, 1.165) is 5.56 Å². The summed E-state index contributed by atoms with van der Waals surface area (Å²) in [5, 5.41) is 15.6. The van der Waals surface area contributed by atoms with Crippen LogP contribution in [-0.2, 0) is 0 Å². The van der Waals surface area contributed by atoms with Crippen molar-refractivity contribution in [3.63, 3.8) is 0 Å². The van der Waals surface area contributed by atoms with Crippen LogP contribution in [0.25, 0.3) is 0 Å². The Hall–Kier alpha value is -1.91. The number of halogens is 2. The fourth-order valence-corrected chi connectivity index (χ4v) is 1.90. The van der Waals surface area contributed by atoms with E-state index in [1.807, 2.05) is 0 Å². The Labute approximate surface area is 126 Å². The molecule has 2 rings (SSSR count). The van der Waals surface area contributed by atoms with E-state index in [1.54, 1.807) is 37.3 Å². The van der Waals surface area contributed by atoms with E-state index in [4.69, 9.17) is 23.2 Å². The molecule has 0 saturated heterocycles. The summed E-state index contributed by atoms with van der Waals surface area (Å²) >= 11 is 11.8. The summed E-state index contributed by atoms with van der Waals surface area (Å²) in [6.45, 7) is 1.77. The molecule has 0 aliphatic heterocycles. The van der Waals surface area contributed by atoms with Gasteiger partial charge in [-0.3, -0.25) is 0 Å². The molecule has 0 aromatic heterocycles. The van der Waals surface area contributed by atoms with Gasteiger partial charge in [-0.2, -0.15) is 0 Å². The summed E-state index contributed by atoms with van der Waals surface area (Å²) in [5.41, 5.74) is 1.62. The first-order valence-electron chi connectivity index (χ1n) is 5.78. The maximum Gasteiger partial charge on any atom is 0.323 e. The van der Waals surface area contributed by atoms with Gasteiger partial charge in [0.05, 0.1) is 10.7 Å². The molecule has 20 heavy (non-hydrogen) atoms. The average Bonchev–Trinajstić information content (AvgIpc) is 2.38. The first kappa shape index (κ1) is 14.5. The monoisotopic (exact) mass is 310 g/mol. The zero-order valence-electron chi connectivity index (χ0n) is 10.6. The van der Waals surface area contributed by atoms with Crippen molar-refractivity contribution in [3.05, 3.63) is 52.0 Å². The van der Waals surface area contributed by atoms with Gasteiger partial charge >= 0.3 is 6.03 Å². The molecule has 0 spiro atoms. The smallest absolute Gasteiger partial charge is 0.323 e. The Morgan fingerprint density at radius 1 is 1.10 bits per heavy atom. The molecule has 6 heteroatoms. The predicted octanol–water partition coefficient (Wildman–Crippen LogP) is 4.65. The fraction of sp³-hybridized carbons (Fsp3) is 0.0714. The van der Waals surface area contributed by atoms with Crippen LogP contribution in [0, 0.1) is 6.92 Å². The molecule has 0 bridgehead atoms. The lowest BCUT2D eigenvalue weighted by Crippen LogP contribution is -2.19. The van der Waals surface area contributed by atoms with Crippen LogP contribution in [-0.4, -0.2) is 11.1 Å². The summed E-state index contributed by atoms with van der Waals surface area (Å²) < 4.78 is 0. The average molecular weight is 311 g/mol. The molecule has 2 amide bonds. The molecule has 0 radical (unpaired) electrons. The van der Waals surface area contributed by atoms with Crippen LogP contribution in [0.2, 0.25) is 10.0 Å². The minimum atomic E-state index is -0.475. The van der Waals surface area contributed by atoms with Crippen LogP contribution >= 0.6 is 23.2 Å². The van der Waals surface area contributed by atoms with Gasteiger partial charge in [-0.15, -0.1) is 0 Å². The highest BCUT2D eigenvalue weighted by atomic mass is 35.5. The van der Waals surface area contributed by atoms with Crippen molar-refractivity contribution in [2.45, 2.75) is 6.92 Å². The van der Waals surface area contributed by atoms with Crippen molar-refractivity contribution in [1.29, 1.82) is 0 Å². The molecule has 2 aromatic carbocycles. The molecular weight excluding hydrogens is 299 g/mol. The van der Waals surface area contributed by atoms with Crippen LogP contribution in [0.4, 0.5) is 16.2 Å². The second kappa shape index (κ2) is 6.03. The van der Waals surface area contributed by atoms with E-state index in [-0.39, 0.29) is 5.75 Å². The number of hydrogen-bond acceptors (Lipinski definition) is 2. The van der Waals surface area contributed by atoms with E-state index >= 15 is 0 Å². The molecule has 4 nitrogen and oxygen atoms in total. The summed E-state index contributed by atoms with van der Waals surface area (Å²) in [5.74, 6) is 0.114. The molecule has 0 fully saturated rings. The summed E-state index contributed by atoms with van der Waals surface area (Å²) in [6, 6.07) is 9.16. The summed E-state index contributed by atoms with van der Waals surface area (Å²) in [6.07, 6.45) is 0. The van der Waals surface area contributed by atoms with Crippen molar-refractivity contribution < 1.29 is 9.90 Å². The highest BCUT2D eigenvalue weighted by Gasteiger charge is 2.07. The molecule has 3 N–H and O–H groups in total. The zero-order valence-corrected chi connectivity index (χ0v) is 12.1. The van der Waals surface area contributed by atoms with Crippen molar-refractivity contribution >= 4 is 40.6 Å². The first-order chi connectivity index (χ1) is 9.45. The first-order valence-corrected chi connectivity index (χ1v) is 6.54. The predicted molar refractivity (Wildman–Crippen MR) is 81.9 cm³/mol. The highest BCUT2D eigenvalue weighted by molar-refractivity contribution is 6.35. The number of aromatic hydroxyl groups is 1. The summed E-state index contributed by atoms with van der Waals surface area (Å²) in [7, 11) is 0. The number of carbonyl (C=O) groups is 1. The minimum absolute atomic E-state index is 0.114. The van der Waals surface area contributed by atoms with Gasteiger partial charge in [0.15, 0.2) is 0 Å². The number of benzene rings is 2. The number of phenols is 1. The normalized spacial score (nSPS) is 10.2. The van der Waals surface area contributed by atoms with E-state index in [2.05, 4.69) is 10.6 Å². The Morgan fingerprint density at radius 2 is 1.85 bits per heavy atom. The maximum atomic E-state index is 11.8. The minimum Gasteiger partial charge on any atom is -0.508 e. The molecule has 0 saturated carbocycles. The van der Waals surface area contributed by atoms with Gasteiger partial charge in [0.25, 0.3) is 0 Å². The lowest BCUT2D eigenvalue weighted by molar-refractivity contribution is 0.262. The van der Waals surface area contributed by atoms with E-state index in [9.17, 15) is 9.90 Å². The SMILES string of the molecule is Cc1ccc(NC(=O)Nc2cc(Cl)ccc2Cl)cc1O. The van der Waals surface area contributed by atoms with Crippen LogP contribution in [0.1, 0.15) is 5.56 Å². The van der Waals surface area contributed by atoms with Crippen LogP contribution in [0.15, 0.2) is 36.4 Å². The van der Waals surface area contributed by atoms with Crippen molar-refractivity contribution in [2.75, 3.05) is 10.6 Å². The number of aryl methyl sites for hydroxylation is 1. The molecular formula is C14H12Cl2N2O2. The highest BCUT2D eigenvalue weighted by Crippen LogP contribution is 2.26. The fourth-order valence-electron chi connectivity index (χ4n) is 1.57. The Morgan fingerprint density at radius 3 is 2.55 bits per heavy atom. The number of anilines is 2. The number of carbonyl (C=O) groups excluding carboxylic acids is 1. The molecule has 0 atom stereocenters. The van der Waals surface area contributed by atoms with E-state index in [1.165, 1.54) is 6.07 Å². The van der Waals surface area contributed by atoms with Gasteiger partial charge in [-0.05, 0) is 36.8 Å². The van der Waals surface area contributed by atoms with Gasteiger partial charge in [0.1, 0.15) is 5.75 Å². The molecule has 0 aliphatic rings.